The van der Waals surface area contributed by atoms with Gasteiger partial charge in [-0.15, -0.1) is 0 Å². The topological polar surface area (TPSA) is 55.6 Å². The van der Waals surface area contributed by atoms with Crippen molar-refractivity contribution in [2.45, 2.75) is 31.5 Å². The van der Waals surface area contributed by atoms with E-state index in [9.17, 15) is 10.1 Å². The van der Waals surface area contributed by atoms with E-state index in [4.69, 9.17) is 4.84 Å². The smallest absolute Gasteiger partial charge is 0.269 e. The lowest BCUT2D eigenvalue weighted by molar-refractivity contribution is -0.384. The van der Waals surface area contributed by atoms with Gasteiger partial charge in [-0.3, -0.25) is 15.0 Å². The highest BCUT2D eigenvalue weighted by Crippen LogP contribution is 2.36. The number of non-ortho nitro benzene ring substituents is 1. The lowest BCUT2D eigenvalue weighted by Crippen LogP contribution is -2.22. The highest BCUT2D eigenvalue weighted by atomic mass is 16.7. The average Bonchev–Trinajstić information content (AvgIpc) is 3.12. The van der Waals surface area contributed by atoms with Gasteiger partial charge in [0, 0.05) is 25.1 Å². The van der Waals surface area contributed by atoms with Crippen molar-refractivity contribution in [2.24, 2.45) is 0 Å². The molecular weight excluding hydrogens is 352 g/mol. The molecule has 0 bridgehead atoms. The molecule has 5 heteroatoms. The summed E-state index contributed by atoms with van der Waals surface area (Å²) in [5.74, 6) is 0. The Morgan fingerprint density at radius 3 is 2.18 bits per heavy atom. The summed E-state index contributed by atoms with van der Waals surface area (Å²) >= 11 is 0. The lowest BCUT2D eigenvalue weighted by Gasteiger charge is -2.23. The molecule has 2 atom stereocenters. The summed E-state index contributed by atoms with van der Waals surface area (Å²) in [7, 11) is 0. The van der Waals surface area contributed by atoms with Gasteiger partial charge in [0.2, 0.25) is 0 Å². The lowest BCUT2D eigenvalue weighted by atomic mass is 9.98. The monoisotopic (exact) mass is 374 g/mol. The molecule has 5 nitrogen and oxygen atoms in total. The first-order valence-corrected chi connectivity index (χ1v) is 9.44. The Labute approximate surface area is 164 Å². The Morgan fingerprint density at radius 2 is 1.54 bits per heavy atom. The molecule has 0 aliphatic carbocycles. The fourth-order valence-electron chi connectivity index (χ4n) is 3.70. The molecule has 28 heavy (non-hydrogen) atoms. The van der Waals surface area contributed by atoms with Crippen LogP contribution >= 0.6 is 0 Å². The second-order valence-corrected chi connectivity index (χ2v) is 7.08. The van der Waals surface area contributed by atoms with Crippen molar-refractivity contribution < 1.29 is 9.76 Å². The van der Waals surface area contributed by atoms with Gasteiger partial charge in [-0.1, -0.05) is 72.8 Å². The number of nitro benzene ring substituents is 1. The van der Waals surface area contributed by atoms with Crippen molar-refractivity contribution in [1.82, 2.24) is 5.06 Å². The van der Waals surface area contributed by atoms with Crippen LogP contribution in [0.3, 0.4) is 0 Å². The van der Waals surface area contributed by atoms with Crippen LogP contribution in [0.15, 0.2) is 84.9 Å². The molecule has 0 radical (unpaired) electrons. The summed E-state index contributed by atoms with van der Waals surface area (Å²) in [4.78, 5) is 16.8. The van der Waals surface area contributed by atoms with Crippen molar-refractivity contribution in [3.8, 4) is 0 Å². The minimum atomic E-state index is -0.372. The van der Waals surface area contributed by atoms with E-state index < -0.39 is 0 Å². The Kier molecular flexibility index (Phi) is 5.46. The molecule has 142 valence electrons. The predicted molar refractivity (Wildman–Crippen MR) is 107 cm³/mol. The molecule has 0 saturated carbocycles. The molecule has 3 aromatic carbocycles. The number of rotatable bonds is 6. The predicted octanol–water partition coefficient (Wildman–Crippen LogP) is 5.08. The third kappa shape index (κ3) is 4.27. The molecule has 4 rings (SSSR count). The fraction of sp³-hybridized carbons (Fsp3) is 0.217. The molecular formula is C23H22N2O3. The summed E-state index contributed by atoms with van der Waals surface area (Å²) in [6.45, 7) is 0.719. The average molecular weight is 374 g/mol. The molecule has 1 fully saturated rings. The Balaban J connectivity index is 1.51. The molecule has 2 unspecified atom stereocenters. The van der Waals surface area contributed by atoms with Crippen LogP contribution in [0.4, 0.5) is 5.69 Å². The van der Waals surface area contributed by atoms with Crippen LogP contribution in [0.25, 0.3) is 0 Å². The molecule has 1 aliphatic rings. The summed E-state index contributed by atoms with van der Waals surface area (Å²) in [6, 6.07) is 27.7. The molecule has 0 N–H and O–H groups in total. The number of hydrogen-bond acceptors (Lipinski definition) is 4. The van der Waals surface area contributed by atoms with Crippen molar-refractivity contribution in [1.29, 1.82) is 0 Å². The van der Waals surface area contributed by atoms with Crippen LogP contribution in [0, 0.1) is 10.1 Å². The molecule has 1 heterocycles. The van der Waals surface area contributed by atoms with Gasteiger partial charge in [-0.2, -0.15) is 5.06 Å². The number of nitro groups is 1. The maximum absolute atomic E-state index is 10.8. The van der Waals surface area contributed by atoms with Crippen LogP contribution in [0.5, 0.6) is 0 Å². The second kappa shape index (κ2) is 8.33. The Morgan fingerprint density at radius 1 is 0.893 bits per heavy atom. The van der Waals surface area contributed by atoms with E-state index in [0.29, 0.717) is 0 Å². The molecule has 0 aromatic heterocycles. The molecule has 0 amide bonds. The van der Waals surface area contributed by atoms with Gasteiger partial charge in [0.05, 0.1) is 17.1 Å². The van der Waals surface area contributed by atoms with Crippen LogP contribution < -0.4 is 0 Å². The SMILES string of the molecule is O=[N+]([O-])c1ccc(CC2CC(c3ccccc3)N(Cc3ccccc3)O2)cc1. The number of hydroxylamine groups is 2. The van der Waals surface area contributed by atoms with Crippen LogP contribution in [-0.2, 0) is 17.8 Å². The van der Waals surface area contributed by atoms with Crippen molar-refractivity contribution >= 4 is 5.69 Å². The fourth-order valence-corrected chi connectivity index (χ4v) is 3.70. The van der Waals surface area contributed by atoms with Gasteiger partial charge in [-0.25, -0.2) is 0 Å². The molecule has 3 aromatic rings. The molecule has 0 spiro atoms. The maximum atomic E-state index is 10.8. The summed E-state index contributed by atoms with van der Waals surface area (Å²) in [5.41, 5.74) is 3.61. The zero-order valence-electron chi connectivity index (χ0n) is 15.5. The summed E-state index contributed by atoms with van der Waals surface area (Å²) < 4.78 is 0. The first-order chi connectivity index (χ1) is 13.7. The third-order valence-electron chi connectivity index (χ3n) is 5.09. The van der Waals surface area contributed by atoms with Gasteiger partial charge in [0.15, 0.2) is 0 Å². The largest absolute Gasteiger partial charge is 0.294 e. The normalized spacial score (nSPS) is 19.6. The molecule has 1 saturated heterocycles. The Bertz CT molecular complexity index is 914. The summed E-state index contributed by atoms with van der Waals surface area (Å²) in [6.07, 6.45) is 1.65. The quantitative estimate of drug-likeness (QED) is 0.446. The van der Waals surface area contributed by atoms with E-state index in [2.05, 4.69) is 41.5 Å². The van der Waals surface area contributed by atoms with E-state index in [0.717, 1.165) is 24.9 Å². The first-order valence-electron chi connectivity index (χ1n) is 9.44. The van der Waals surface area contributed by atoms with Gasteiger partial charge in [0.25, 0.3) is 5.69 Å². The number of nitrogens with zero attached hydrogens (tertiary/aromatic N) is 2. The van der Waals surface area contributed by atoms with Gasteiger partial charge >= 0.3 is 0 Å². The van der Waals surface area contributed by atoms with Gasteiger partial charge in [0.1, 0.15) is 0 Å². The van der Waals surface area contributed by atoms with Crippen molar-refractivity contribution in [3.63, 3.8) is 0 Å². The Hall–Kier alpha value is -3.02. The van der Waals surface area contributed by atoms with E-state index in [1.165, 1.54) is 11.1 Å². The van der Waals surface area contributed by atoms with E-state index in [1.807, 2.05) is 36.4 Å². The van der Waals surface area contributed by atoms with Crippen LogP contribution in [0.2, 0.25) is 0 Å². The third-order valence-corrected chi connectivity index (χ3v) is 5.09. The van der Waals surface area contributed by atoms with Crippen molar-refractivity contribution in [2.75, 3.05) is 0 Å². The van der Waals surface area contributed by atoms with Gasteiger partial charge < -0.3 is 0 Å². The highest BCUT2D eigenvalue weighted by Gasteiger charge is 2.34. The minimum Gasteiger partial charge on any atom is -0.294 e. The summed E-state index contributed by atoms with van der Waals surface area (Å²) in [5, 5.41) is 12.9. The van der Waals surface area contributed by atoms with Gasteiger partial charge in [-0.05, 0) is 23.1 Å². The minimum absolute atomic E-state index is 0.0374. The highest BCUT2D eigenvalue weighted by molar-refractivity contribution is 5.33. The first kappa shape index (κ1) is 18.3. The van der Waals surface area contributed by atoms with E-state index in [-0.39, 0.29) is 22.8 Å². The van der Waals surface area contributed by atoms with Crippen LogP contribution in [0.1, 0.15) is 29.2 Å². The van der Waals surface area contributed by atoms with Crippen LogP contribution in [-0.4, -0.2) is 16.1 Å². The zero-order valence-corrected chi connectivity index (χ0v) is 15.5. The van der Waals surface area contributed by atoms with E-state index in [1.54, 1.807) is 12.1 Å². The molecule has 1 aliphatic heterocycles. The zero-order chi connectivity index (χ0) is 19.3. The maximum Gasteiger partial charge on any atom is 0.269 e. The number of benzene rings is 3. The van der Waals surface area contributed by atoms with E-state index >= 15 is 0 Å². The second-order valence-electron chi connectivity index (χ2n) is 7.08. The number of hydrogen-bond donors (Lipinski definition) is 0. The van der Waals surface area contributed by atoms with Crippen molar-refractivity contribution in [3.05, 3.63) is 112 Å². The standard InChI is InChI=1S/C23H22N2O3/c26-25(27)21-13-11-18(12-14-21)15-22-16-23(20-9-5-2-6-10-20)24(28-22)17-19-7-3-1-4-8-19/h1-14,22-23H,15-17H2.